The Kier molecular flexibility index (Phi) is 5.61. The van der Waals surface area contributed by atoms with Gasteiger partial charge in [0.05, 0.1) is 28.2 Å². The third kappa shape index (κ3) is 3.46. The Morgan fingerprint density at radius 3 is 3.00 bits per heavy atom. The lowest BCUT2D eigenvalue weighted by molar-refractivity contribution is -0.138. The van der Waals surface area contributed by atoms with Gasteiger partial charge in [0.2, 0.25) is 0 Å². The van der Waals surface area contributed by atoms with Gasteiger partial charge in [0.1, 0.15) is 6.61 Å². The number of rotatable bonds is 5. The van der Waals surface area contributed by atoms with Gasteiger partial charge in [-0.2, -0.15) is 5.26 Å². The third-order valence-corrected chi connectivity index (χ3v) is 4.15. The third-order valence-electron chi connectivity index (χ3n) is 3.42. The standard InChI is InChI=1S/C17H17N3O2S/c1-4-8-22-17(21)14-11(2)20-16(23-3)13(9-18)15(14)12-6-5-7-19-10-12/h4-7,10,15,20H,1,8H2,2-3H3. The van der Waals surface area contributed by atoms with Crippen LogP contribution in [0, 0.1) is 11.3 Å². The van der Waals surface area contributed by atoms with Crippen LogP contribution in [0.5, 0.6) is 0 Å². The summed E-state index contributed by atoms with van der Waals surface area (Å²) in [6, 6.07) is 5.86. The second-order valence-corrected chi connectivity index (χ2v) is 5.65. The molecule has 2 rings (SSSR count). The quantitative estimate of drug-likeness (QED) is 0.662. The summed E-state index contributed by atoms with van der Waals surface area (Å²) in [7, 11) is 0. The molecule has 23 heavy (non-hydrogen) atoms. The van der Waals surface area contributed by atoms with Crippen LogP contribution in [0.2, 0.25) is 0 Å². The minimum Gasteiger partial charge on any atom is -0.458 e. The molecule has 0 aliphatic carbocycles. The lowest BCUT2D eigenvalue weighted by atomic mass is 9.83. The van der Waals surface area contributed by atoms with Crippen LogP contribution in [0.1, 0.15) is 18.4 Å². The molecule has 6 heteroatoms. The summed E-state index contributed by atoms with van der Waals surface area (Å²) in [5.74, 6) is -0.952. The van der Waals surface area contributed by atoms with E-state index in [1.165, 1.54) is 17.8 Å². The molecule has 0 aromatic carbocycles. The number of pyridine rings is 1. The summed E-state index contributed by atoms with van der Waals surface area (Å²) in [4.78, 5) is 16.6. The number of aromatic nitrogens is 1. The molecule has 0 fully saturated rings. The van der Waals surface area contributed by atoms with Crippen LogP contribution in [0.15, 0.2) is 59.1 Å². The number of dihydropyridines is 1. The molecule has 1 aromatic heterocycles. The Morgan fingerprint density at radius 1 is 1.65 bits per heavy atom. The highest BCUT2D eigenvalue weighted by molar-refractivity contribution is 8.02. The molecule has 2 heterocycles. The van der Waals surface area contributed by atoms with Crippen LogP contribution in [-0.4, -0.2) is 23.8 Å². The van der Waals surface area contributed by atoms with Crippen LogP contribution in [0.3, 0.4) is 0 Å². The van der Waals surface area contributed by atoms with Crippen molar-refractivity contribution in [2.24, 2.45) is 0 Å². The van der Waals surface area contributed by atoms with Crippen molar-refractivity contribution >= 4 is 17.7 Å². The Balaban J connectivity index is 2.56. The number of nitrogens with zero attached hydrogens (tertiary/aromatic N) is 2. The number of ether oxygens (including phenoxy) is 1. The van der Waals surface area contributed by atoms with E-state index >= 15 is 0 Å². The fourth-order valence-corrected chi connectivity index (χ4v) is 3.08. The summed E-state index contributed by atoms with van der Waals surface area (Å²) >= 11 is 1.44. The number of hydrogen-bond acceptors (Lipinski definition) is 6. The maximum absolute atomic E-state index is 12.5. The van der Waals surface area contributed by atoms with E-state index in [1.807, 2.05) is 12.3 Å². The van der Waals surface area contributed by atoms with Gasteiger partial charge in [-0.05, 0) is 24.8 Å². The molecule has 118 valence electrons. The number of carbonyl (C=O) groups is 1. The first-order chi connectivity index (χ1) is 11.1. The lowest BCUT2D eigenvalue weighted by Gasteiger charge is -2.28. The van der Waals surface area contributed by atoms with Crippen LogP contribution >= 0.6 is 11.8 Å². The molecule has 5 nitrogen and oxygen atoms in total. The van der Waals surface area contributed by atoms with Gasteiger partial charge in [-0.3, -0.25) is 4.98 Å². The molecule has 1 aliphatic rings. The maximum Gasteiger partial charge on any atom is 0.337 e. The molecule has 0 saturated carbocycles. The zero-order valence-electron chi connectivity index (χ0n) is 13.0. The molecular formula is C17H17N3O2S. The van der Waals surface area contributed by atoms with E-state index < -0.39 is 11.9 Å². The number of nitrogens with one attached hydrogen (secondary N) is 1. The smallest absolute Gasteiger partial charge is 0.337 e. The highest BCUT2D eigenvalue weighted by Gasteiger charge is 2.35. The summed E-state index contributed by atoms with van der Waals surface area (Å²) in [6.07, 6.45) is 6.72. The molecule has 1 N–H and O–H groups in total. The lowest BCUT2D eigenvalue weighted by Crippen LogP contribution is -2.28. The Hall–Kier alpha value is -2.52. The molecule has 1 unspecified atom stereocenters. The summed E-state index contributed by atoms with van der Waals surface area (Å²) in [6.45, 7) is 5.47. The van der Waals surface area contributed by atoms with Crippen molar-refractivity contribution in [2.75, 3.05) is 12.9 Å². The number of thioether (sulfide) groups is 1. The Labute approximate surface area is 139 Å². The maximum atomic E-state index is 12.5. The second-order valence-electron chi connectivity index (χ2n) is 4.83. The van der Waals surface area contributed by atoms with Crippen LogP contribution in [0.25, 0.3) is 0 Å². The summed E-state index contributed by atoms with van der Waals surface area (Å²) in [5, 5.41) is 13.5. The number of esters is 1. The van der Waals surface area contributed by atoms with E-state index in [0.29, 0.717) is 16.8 Å². The topological polar surface area (TPSA) is 75.0 Å². The highest BCUT2D eigenvalue weighted by Crippen LogP contribution is 2.40. The van der Waals surface area contributed by atoms with Gasteiger partial charge in [-0.1, -0.05) is 18.7 Å². The number of allylic oxidation sites excluding steroid dienone is 2. The van der Waals surface area contributed by atoms with Crippen LogP contribution < -0.4 is 5.32 Å². The SMILES string of the molecule is C=CCOC(=O)C1=C(C)NC(SC)=C(C#N)C1c1cccnc1. The first-order valence-electron chi connectivity index (χ1n) is 6.98. The van der Waals surface area contributed by atoms with Gasteiger partial charge >= 0.3 is 5.97 Å². The van der Waals surface area contributed by atoms with Crippen molar-refractivity contribution in [3.63, 3.8) is 0 Å². The molecule has 0 saturated heterocycles. The first-order valence-corrected chi connectivity index (χ1v) is 8.20. The van der Waals surface area contributed by atoms with E-state index in [9.17, 15) is 10.1 Å². The van der Waals surface area contributed by atoms with Crippen molar-refractivity contribution in [1.29, 1.82) is 5.26 Å². The van der Waals surface area contributed by atoms with E-state index in [0.717, 1.165) is 10.6 Å². The minimum atomic E-state index is -0.491. The molecule has 1 aromatic rings. The summed E-state index contributed by atoms with van der Waals surface area (Å²) < 4.78 is 5.20. The van der Waals surface area contributed by atoms with Gasteiger partial charge in [0.15, 0.2) is 0 Å². The van der Waals surface area contributed by atoms with Gasteiger partial charge in [0.25, 0.3) is 0 Å². The molecule has 0 radical (unpaired) electrons. The fourth-order valence-electron chi connectivity index (χ4n) is 2.44. The van der Waals surface area contributed by atoms with E-state index in [-0.39, 0.29) is 6.61 Å². The second kappa shape index (κ2) is 7.65. The zero-order valence-corrected chi connectivity index (χ0v) is 13.8. The molecule has 1 aliphatic heterocycles. The van der Waals surface area contributed by atoms with E-state index in [2.05, 4.69) is 22.9 Å². The number of hydrogen-bond donors (Lipinski definition) is 1. The monoisotopic (exact) mass is 327 g/mol. The number of carbonyl (C=O) groups excluding carboxylic acids is 1. The Bertz CT molecular complexity index is 717. The van der Waals surface area contributed by atoms with Crippen LogP contribution in [0.4, 0.5) is 0 Å². The van der Waals surface area contributed by atoms with Gasteiger partial charge in [-0.25, -0.2) is 4.79 Å². The van der Waals surface area contributed by atoms with Crippen LogP contribution in [-0.2, 0) is 9.53 Å². The average molecular weight is 327 g/mol. The highest BCUT2D eigenvalue weighted by atomic mass is 32.2. The van der Waals surface area contributed by atoms with Gasteiger partial charge < -0.3 is 10.1 Å². The molecular weight excluding hydrogens is 310 g/mol. The molecule has 0 spiro atoms. The van der Waals surface area contributed by atoms with Gasteiger partial charge in [0, 0.05) is 18.1 Å². The van der Waals surface area contributed by atoms with Crippen molar-refractivity contribution in [2.45, 2.75) is 12.8 Å². The van der Waals surface area contributed by atoms with Crippen molar-refractivity contribution in [3.8, 4) is 6.07 Å². The normalized spacial score (nSPS) is 17.3. The predicted molar refractivity (Wildman–Crippen MR) is 90.1 cm³/mol. The van der Waals surface area contributed by atoms with Gasteiger partial charge in [-0.15, -0.1) is 11.8 Å². The molecule has 0 bridgehead atoms. The predicted octanol–water partition coefficient (Wildman–Crippen LogP) is 2.87. The Morgan fingerprint density at radius 2 is 2.43 bits per heavy atom. The number of nitriles is 1. The first kappa shape index (κ1) is 16.8. The molecule has 1 atom stereocenters. The molecule has 0 amide bonds. The van der Waals surface area contributed by atoms with E-state index in [1.54, 1.807) is 25.4 Å². The van der Waals surface area contributed by atoms with Crippen molar-refractivity contribution in [1.82, 2.24) is 10.3 Å². The summed E-state index contributed by atoms with van der Waals surface area (Å²) in [5.41, 5.74) is 2.37. The largest absolute Gasteiger partial charge is 0.458 e. The zero-order chi connectivity index (χ0) is 16.8. The average Bonchev–Trinajstić information content (AvgIpc) is 2.59. The van der Waals surface area contributed by atoms with E-state index in [4.69, 9.17) is 4.74 Å². The fraction of sp³-hybridized carbons (Fsp3) is 0.235. The minimum absolute atomic E-state index is 0.121. The van der Waals surface area contributed by atoms with Crippen molar-refractivity contribution in [3.05, 3.63) is 64.6 Å². The van der Waals surface area contributed by atoms with Crippen molar-refractivity contribution < 1.29 is 9.53 Å².